The van der Waals surface area contributed by atoms with Crippen molar-refractivity contribution in [3.8, 4) is 0 Å². The number of aryl methyl sites for hydroxylation is 1. The molecule has 0 unspecified atom stereocenters. The summed E-state index contributed by atoms with van der Waals surface area (Å²) in [4.78, 5) is 12.6. The molecule has 1 aliphatic heterocycles. The summed E-state index contributed by atoms with van der Waals surface area (Å²) in [6.07, 6.45) is 1.90. The lowest BCUT2D eigenvalue weighted by Gasteiger charge is -2.30. The summed E-state index contributed by atoms with van der Waals surface area (Å²) in [5, 5.41) is 3.59. The zero-order valence-electron chi connectivity index (χ0n) is 15.9. The number of nitrogens with zero attached hydrogens (tertiary/aromatic N) is 1. The summed E-state index contributed by atoms with van der Waals surface area (Å²) in [5.74, 6) is -0.257. The van der Waals surface area contributed by atoms with Crippen LogP contribution in [0.5, 0.6) is 0 Å². The van der Waals surface area contributed by atoms with Crippen molar-refractivity contribution in [2.45, 2.75) is 31.9 Å². The Balaban J connectivity index is 1.57. The van der Waals surface area contributed by atoms with Crippen LogP contribution in [0.2, 0.25) is 5.02 Å². The van der Waals surface area contributed by atoms with Gasteiger partial charge in [-0.1, -0.05) is 48.9 Å². The predicted octanol–water partition coefficient (Wildman–Crippen LogP) is 4.08. The number of para-hydroxylation sites is 1. The van der Waals surface area contributed by atoms with Crippen LogP contribution in [0, 0.1) is 5.92 Å². The van der Waals surface area contributed by atoms with Crippen LogP contribution in [0.25, 0.3) is 0 Å². The Morgan fingerprint density at radius 2 is 1.75 bits per heavy atom. The highest BCUT2D eigenvalue weighted by atomic mass is 35.5. The van der Waals surface area contributed by atoms with Crippen LogP contribution in [0.4, 0.5) is 5.69 Å². The lowest BCUT2D eigenvalue weighted by molar-refractivity contribution is -0.120. The Bertz CT molecular complexity index is 921. The largest absolute Gasteiger partial charge is 0.326 e. The first-order valence-electron chi connectivity index (χ1n) is 9.50. The number of hydrogen-bond donors (Lipinski definition) is 1. The van der Waals surface area contributed by atoms with E-state index in [2.05, 4.69) is 12.2 Å². The number of sulfonamides is 1. The number of carbonyl (C=O) groups excluding carboxylic acids is 1. The van der Waals surface area contributed by atoms with Crippen LogP contribution in [-0.4, -0.2) is 31.7 Å². The van der Waals surface area contributed by atoms with Crippen molar-refractivity contribution in [2.24, 2.45) is 5.92 Å². The van der Waals surface area contributed by atoms with E-state index in [1.54, 1.807) is 24.3 Å². The first-order valence-corrected chi connectivity index (χ1v) is 11.5. The Kier molecular flexibility index (Phi) is 6.75. The van der Waals surface area contributed by atoms with E-state index < -0.39 is 10.0 Å². The molecule has 7 heteroatoms. The van der Waals surface area contributed by atoms with Gasteiger partial charge in [0.1, 0.15) is 0 Å². The summed E-state index contributed by atoms with van der Waals surface area (Å²) in [7, 11) is -3.41. The Labute approximate surface area is 171 Å². The molecule has 1 saturated heterocycles. The fourth-order valence-corrected chi connectivity index (χ4v) is 5.15. The third-order valence-electron chi connectivity index (χ3n) is 5.14. The van der Waals surface area contributed by atoms with Gasteiger partial charge in [0, 0.05) is 29.7 Å². The van der Waals surface area contributed by atoms with Crippen molar-refractivity contribution in [3.63, 3.8) is 0 Å². The number of anilines is 1. The highest BCUT2D eigenvalue weighted by molar-refractivity contribution is 7.88. The highest BCUT2D eigenvalue weighted by Crippen LogP contribution is 2.24. The molecule has 28 heavy (non-hydrogen) atoms. The van der Waals surface area contributed by atoms with E-state index in [0.717, 1.165) is 17.7 Å². The van der Waals surface area contributed by atoms with Gasteiger partial charge in [-0.25, -0.2) is 12.7 Å². The van der Waals surface area contributed by atoms with Crippen molar-refractivity contribution >= 4 is 33.2 Å². The third-order valence-corrected chi connectivity index (χ3v) is 7.24. The molecule has 0 saturated carbocycles. The smallest absolute Gasteiger partial charge is 0.227 e. The van der Waals surface area contributed by atoms with Gasteiger partial charge < -0.3 is 5.32 Å². The molecule has 0 bridgehead atoms. The fraction of sp³-hybridized carbons (Fsp3) is 0.381. The molecule has 0 atom stereocenters. The topological polar surface area (TPSA) is 66.5 Å². The molecule has 2 aromatic carbocycles. The number of hydrogen-bond acceptors (Lipinski definition) is 3. The number of piperidine rings is 1. The van der Waals surface area contributed by atoms with Crippen molar-refractivity contribution < 1.29 is 13.2 Å². The molecule has 2 aromatic rings. The van der Waals surface area contributed by atoms with Crippen LogP contribution < -0.4 is 5.32 Å². The Hall–Kier alpha value is -1.89. The summed E-state index contributed by atoms with van der Waals surface area (Å²) >= 11 is 5.86. The van der Waals surface area contributed by atoms with Gasteiger partial charge in [-0.15, -0.1) is 0 Å². The van der Waals surface area contributed by atoms with Gasteiger partial charge in [-0.05, 0) is 48.6 Å². The van der Waals surface area contributed by atoms with Gasteiger partial charge in [-0.3, -0.25) is 4.79 Å². The maximum Gasteiger partial charge on any atom is 0.227 e. The van der Waals surface area contributed by atoms with Crippen LogP contribution >= 0.6 is 11.6 Å². The summed E-state index contributed by atoms with van der Waals surface area (Å²) in [5.41, 5.74) is 2.65. The lowest BCUT2D eigenvalue weighted by Crippen LogP contribution is -2.41. The monoisotopic (exact) mass is 420 g/mol. The van der Waals surface area contributed by atoms with E-state index in [1.807, 2.05) is 24.3 Å². The van der Waals surface area contributed by atoms with Crippen LogP contribution in [0.15, 0.2) is 48.5 Å². The maximum atomic E-state index is 12.7. The van der Waals surface area contributed by atoms with E-state index in [4.69, 9.17) is 11.6 Å². The molecular formula is C21H25ClN2O3S. The molecule has 5 nitrogen and oxygen atoms in total. The van der Waals surface area contributed by atoms with Gasteiger partial charge in [0.05, 0.1) is 5.75 Å². The number of halogens is 1. The van der Waals surface area contributed by atoms with E-state index in [-0.39, 0.29) is 17.6 Å². The average molecular weight is 421 g/mol. The average Bonchev–Trinajstić information content (AvgIpc) is 2.70. The number of rotatable bonds is 6. The SMILES string of the molecule is CCc1ccccc1NC(=O)C1CCN(S(=O)(=O)Cc2ccc(Cl)cc2)CC1. The Morgan fingerprint density at radius 1 is 1.11 bits per heavy atom. The minimum absolute atomic E-state index is 0.0318. The number of carbonyl (C=O) groups is 1. The zero-order valence-corrected chi connectivity index (χ0v) is 17.5. The van der Waals surface area contributed by atoms with Gasteiger partial charge in [0.2, 0.25) is 15.9 Å². The lowest BCUT2D eigenvalue weighted by atomic mass is 9.97. The fourth-order valence-electron chi connectivity index (χ4n) is 3.46. The van der Waals surface area contributed by atoms with Crippen molar-refractivity contribution in [3.05, 3.63) is 64.7 Å². The summed E-state index contributed by atoms with van der Waals surface area (Å²) < 4.78 is 26.9. The molecule has 0 radical (unpaired) electrons. The summed E-state index contributed by atoms with van der Waals surface area (Å²) in [6, 6.07) is 14.6. The zero-order chi connectivity index (χ0) is 20.1. The second-order valence-corrected chi connectivity index (χ2v) is 9.46. The number of benzene rings is 2. The molecule has 1 heterocycles. The van der Waals surface area contributed by atoms with E-state index in [9.17, 15) is 13.2 Å². The van der Waals surface area contributed by atoms with E-state index in [0.29, 0.717) is 36.5 Å². The molecule has 1 fully saturated rings. The van der Waals surface area contributed by atoms with Gasteiger partial charge in [0.25, 0.3) is 0 Å². The van der Waals surface area contributed by atoms with Gasteiger partial charge >= 0.3 is 0 Å². The van der Waals surface area contributed by atoms with Crippen molar-refractivity contribution in [1.29, 1.82) is 0 Å². The second kappa shape index (κ2) is 9.07. The molecule has 0 spiro atoms. The predicted molar refractivity (Wildman–Crippen MR) is 113 cm³/mol. The second-order valence-electron chi connectivity index (χ2n) is 7.06. The molecule has 150 valence electrons. The van der Waals surface area contributed by atoms with E-state index in [1.165, 1.54) is 4.31 Å². The minimum Gasteiger partial charge on any atom is -0.326 e. The van der Waals surface area contributed by atoms with E-state index >= 15 is 0 Å². The molecule has 0 aromatic heterocycles. The molecule has 1 N–H and O–H groups in total. The molecule has 0 aliphatic carbocycles. The quantitative estimate of drug-likeness (QED) is 0.765. The molecule has 3 rings (SSSR count). The Morgan fingerprint density at radius 3 is 2.39 bits per heavy atom. The third kappa shape index (κ3) is 5.13. The molecule has 1 aliphatic rings. The number of amides is 1. The normalized spacial score (nSPS) is 16.1. The minimum atomic E-state index is -3.41. The molecule has 1 amide bonds. The maximum absolute atomic E-state index is 12.7. The van der Waals surface area contributed by atoms with Crippen LogP contribution in [-0.2, 0) is 27.0 Å². The molecular weight excluding hydrogens is 396 g/mol. The number of nitrogens with one attached hydrogen (secondary N) is 1. The first kappa shape index (κ1) is 20.8. The van der Waals surface area contributed by atoms with Crippen molar-refractivity contribution in [2.75, 3.05) is 18.4 Å². The highest BCUT2D eigenvalue weighted by Gasteiger charge is 2.31. The van der Waals surface area contributed by atoms with Gasteiger partial charge in [0.15, 0.2) is 0 Å². The van der Waals surface area contributed by atoms with Crippen molar-refractivity contribution in [1.82, 2.24) is 4.31 Å². The van der Waals surface area contributed by atoms with Gasteiger partial charge in [-0.2, -0.15) is 0 Å². The summed E-state index contributed by atoms with van der Waals surface area (Å²) in [6.45, 7) is 2.78. The first-order chi connectivity index (χ1) is 13.4. The van der Waals surface area contributed by atoms with Crippen LogP contribution in [0.3, 0.4) is 0 Å². The van der Waals surface area contributed by atoms with Crippen LogP contribution in [0.1, 0.15) is 30.9 Å². The standard InChI is InChI=1S/C21H25ClN2O3S/c1-2-17-5-3-4-6-20(17)23-21(25)18-11-13-24(14-12-18)28(26,27)15-16-7-9-19(22)10-8-16/h3-10,18H,2,11-15H2,1H3,(H,23,25).